The number of alkyl halides is 6. The van der Waals surface area contributed by atoms with Crippen molar-refractivity contribution in [3.63, 3.8) is 0 Å². The summed E-state index contributed by atoms with van der Waals surface area (Å²) < 4.78 is 135. The van der Waals surface area contributed by atoms with Crippen LogP contribution in [0, 0.1) is 0 Å². The van der Waals surface area contributed by atoms with Gasteiger partial charge >= 0.3 is 26.5 Å². The van der Waals surface area contributed by atoms with Crippen LogP contribution in [0.1, 0.15) is 0 Å². The Kier molecular flexibility index (Phi) is 4.82. The van der Waals surface area contributed by atoms with E-state index >= 15 is 0 Å². The van der Waals surface area contributed by atoms with Crippen LogP contribution in [0.15, 0.2) is 0 Å². The largest absolute Gasteiger partial charge is 0.439 e. The quantitative estimate of drug-likeness (QED) is 0.545. The first-order chi connectivity index (χ1) is 9.61. The molecule has 0 unspecified atom stereocenters. The maximum absolute atomic E-state index is 13.5. The summed E-state index contributed by atoms with van der Waals surface area (Å²) in [5.41, 5.74) is 0. The molecule has 0 bridgehead atoms. The molecule has 1 aliphatic heterocycles. The molecular weight excluding hydrogens is 372 g/mol. The van der Waals surface area contributed by atoms with Gasteiger partial charge < -0.3 is 4.74 Å². The van der Waals surface area contributed by atoms with Gasteiger partial charge in [0.25, 0.3) is 10.0 Å². The highest BCUT2D eigenvalue weighted by molar-refractivity contribution is 7.90. The van der Waals surface area contributed by atoms with E-state index in [0.29, 0.717) is 0 Å². The number of halogens is 6. The molecule has 7 nitrogen and oxygen atoms in total. The van der Waals surface area contributed by atoms with Gasteiger partial charge in [-0.3, -0.25) is 4.55 Å². The third-order valence-corrected chi connectivity index (χ3v) is 5.54. The van der Waals surface area contributed by atoms with Gasteiger partial charge in [-0.2, -0.15) is 39.1 Å². The van der Waals surface area contributed by atoms with Crippen LogP contribution in [0.5, 0.6) is 0 Å². The molecule has 1 N–H and O–H groups in total. The molecule has 0 aliphatic carbocycles. The molecule has 132 valence electrons. The first kappa shape index (κ1) is 19.4. The summed E-state index contributed by atoms with van der Waals surface area (Å²) in [5.74, 6) is -6.91. The van der Waals surface area contributed by atoms with Crippen molar-refractivity contribution in [2.24, 2.45) is 0 Å². The number of nitrogens with zero attached hydrogens (tertiary/aromatic N) is 1. The lowest BCUT2D eigenvalue weighted by molar-refractivity contribution is -0.247. The number of sulfonamides is 1. The number of hydrogen-bond acceptors (Lipinski definition) is 5. The average Bonchev–Trinajstić information content (AvgIpc) is 2.37. The Balaban J connectivity index is 3.37. The molecule has 1 fully saturated rings. The molecule has 0 radical (unpaired) electrons. The van der Waals surface area contributed by atoms with Crippen LogP contribution in [0.25, 0.3) is 0 Å². The van der Waals surface area contributed by atoms with Crippen LogP contribution in [0.2, 0.25) is 0 Å². The minimum atomic E-state index is -7.01. The van der Waals surface area contributed by atoms with E-state index in [1.807, 2.05) is 0 Å². The number of ether oxygens (including phenoxy) is 1. The highest BCUT2D eigenvalue weighted by Gasteiger charge is 2.82. The summed E-state index contributed by atoms with van der Waals surface area (Å²) in [6.07, 6.45) is 0. The summed E-state index contributed by atoms with van der Waals surface area (Å²) >= 11 is 0. The third kappa shape index (κ3) is 2.68. The Morgan fingerprint density at radius 3 is 1.64 bits per heavy atom. The second-order valence-electron chi connectivity index (χ2n) is 4.10. The molecule has 1 saturated heterocycles. The molecule has 0 aromatic rings. The molecular formula is C7H9F6NO6S2. The van der Waals surface area contributed by atoms with E-state index in [2.05, 4.69) is 4.74 Å². The van der Waals surface area contributed by atoms with Gasteiger partial charge in [-0.1, -0.05) is 0 Å². The Morgan fingerprint density at radius 2 is 1.27 bits per heavy atom. The zero-order chi connectivity index (χ0) is 17.6. The molecule has 0 atom stereocenters. The second-order valence-corrected chi connectivity index (χ2v) is 7.54. The van der Waals surface area contributed by atoms with Crippen molar-refractivity contribution in [2.75, 3.05) is 26.3 Å². The predicted molar refractivity (Wildman–Crippen MR) is 57.7 cm³/mol. The zero-order valence-electron chi connectivity index (χ0n) is 10.3. The van der Waals surface area contributed by atoms with Crippen molar-refractivity contribution in [3.05, 3.63) is 0 Å². The fraction of sp³-hybridized carbons (Fsp3) is 1.00. The second kappa shape index (κ2) is 5.47. The van der Waals surface area contributed by atoms with Crippen molar-refractivity contribution < 1.29 is 52.5 Å². The Labute approximate surface area is 120 Å². The highest BCUT2D eigenvalue weighted by Crippen LogP contribution is 2.51. The fourth-order valence-corrected chi connectivity index (χ4v) is 3.37. The topological polar surface area (TPSA) is 101 Å². The standard InChI is InChI=1S/C7H9F6NO6S2/c8-5(9,7(12,13)22(17,18)19)6(10,11)21(15,16)14-1-3-20-4-2-14/h1-4H2,(H,17,18,19). The number of hydrogen-bond donors (Lipinski definition) is 1. The SMILES string of the molecule is O=S(=O)(O)C(F)(F)C(F)(F)C(F)(F)S(=O)(=O)N1CCOCC1. The Hall–Kier alpha value is -0.640. The van der Waals surface area contributed by atoms with Crippen LogP contribution in [-0.4, -0.2) is 68.4 Å². The van der Waals surface area contributed by atoms with Gasteiger partial charge in [0.15, 0.2) is 0 Å². The normalized spacial score (nSPS) is 20.1. The molecule has 1 aliphatic rings. The van der Waals surface area contributed by atoms with Gasteiger partial charge in [0.2, 0.25) is 0 Å². The average molecular weight is 381 g/mol. The molecule has 1 rings (SSSR count). The van der Waals surface area contributed by atoms with E-state index in [-0.39, 0.29) is 4.31 Å². The van der Waals surface area contributed by atoms with Crippen LogP contribution < -0.4 is 0 Å². The van der Waals surface area contributed by atoms with Crippen molar-refractivity contribution in [1.82, 2.24) is 4.31 Å². The third-order valence-electron chi connectivity index (χ3n) is 2.69. The first-order valence-electron chi connectivity index (χ1n) is 5.28. The summed E-state index contributed by atoms with van der Waals surface area (Å²) in [7, 11) is -13.4. The Morgan fingerprint density at radius 1 is 0.864 bits per heavy atom. The predicted octanol–water partition coefficient (Wildman–Crippen LogP) is 0.357. The van der Waals surface area contributed by atoms with Crippen molar-refractivity contribution in [3.8, 4) is 0 Å². The maximum Gasteiger partial charge on any atom is 0.439 e. The molecule has 0 spiro atoms. The lowest BCUT2D eigenvalue weighted by Gasteiger charge is -2.34. The smallest absolute Gasteiger partial charge is 0.379 e. The van der Waals surface area contributed by atoms with Gasteiger partial charge in [0, 0.05) is 13.1 Å². The fourth-order valence-electron chi connectivity index (χ4n) is 1.44. The first-order valence-corrected chi connectivity index (χ1v) is 8.16. The molecule has 22 heavy (non-hydrogen) atoms. The van der Waals surface area contributed by atoms with E-state index in [1.54, 1.807) is 0 Å². The molecule has 15 heteroatoms. The van der Waals surface area contributed by atoms with E-state index in [9.17, 15) is 43.2 Å². The van der Waals surface area contributed by atoms with Crippen LogP contribution in [0.3, 0.4) is 0 Å². The minimum absolute atomic E-state index is 0.232. The summed E-state index contributed by atoms with van der Waals surface area (Å²) in [6, 6.07) is 0. The molecule has 0 amide bonds. The number of morpholine rings is 1. The van der Waals surface area contributed by atoms with Crippen molar-refractivity contribution >= 4 is 20.1 Å². The lowest BCUT2D eigenvalue weighted by Crippen LogP contribution is -2.63. The maximum atomic E-state index is 13.5. The Bertz CT molecular complexity index is 626. The molecule has 0 saturated carbocycles. The van der Waals surface area contributed by atoms with E-state index in [1.165, 1.54) is 0 Å². The van der Waals surface area contributed by atoms with E-state index in [0.717, 1.165) is 0 Å². The van der Waals surface area contributed by atoms with Gasteiger partial charge in [0.05, 0.1) is 13.2 Å². The molecule has 1 heterocycles. The van der Waals surface area contributed by atoms with Crippen molar-refractivity contribution in [2.45, 2.75) is 16.4 Å². The summed E-state index contributed by atoms with van der Waals surface area (Å²) in [6.45, 7) is -2.53. The van der Waals surface area contributed by atoms with E-state index < -0.39 is 62.9 Å². The zero-order valence-corrected chi connectivity index (χ0v) is 12.0. The number of rotatable bonds is 5. The minimum Gasteiger partial charge on any atom is -0.379 e. The summed E-state index contributed by atoms with van der Waals surface area (Å²) in [4.78, 5) is 0. The van der Waals surface area contributed by atoms with Crippen LogP contribution in [0.4, 0.5) is 26.3 Å². The van der Waals surface area contributed by atoms with Crippen LogP contribution in [-0.2, 0) is 24.9 Å². The monoisotopic (exact) mass is 381 g/mol. The summed E-state index contributed by atoms with van der Waals surface area (Å²) in [5, 5.41) is -13.2. The van der Waals surface area contributed by atoms with Crippen LogP contribution >= 0.6 is 0 Å². The van der Waals surface area contributed by atoms with E-state index in [4.69, 9.17) is 4.55 Å². The lowest BCUT2D eigenvalue weighted by atomic mass is 10.3. The van der Waals surface area contributed by atoms with Gasteiger partial charge in [-0.05, 0) is 0 Å². The van der Waals surface area contributed by atoms with Crippen molar-refractivity contribution in [1.29, 1.82) is 0 Å². The van der Waals surface area contributed by atoms with Gasteiger partial charge in [0.1, 0.15) is 0 Å². The van der Waals surface area contributed by atoms with Gasteiger partial charge in [-0.25, -0.2) is 8.42 Å². The molecule has 0 aromatic carbocycles. The van der Waals surface area contributed by atoms with Gasteiger partial charge in [-0.15, -0.1) is 0 Å². The molecule has 0 aromatic heterocycles. The highest BCUT2D eigenvalue weighted by atomic mass is 32.2.